The molecule has 2 aliphatic rings. The molecule has 2 aliphatic carbocycles. The van der Waals surface area contributed by atoms with E-state index in [0.717, 1.165) is 31.2 Å². The van der Waals surface area contributed by atoms with E-state index in [0.29, 0.717) is 6.04 Å². The van der Waals surface area contributed by atoms with Crippen molar-refractivity contribution in [1.82, 2.24) is 10.6 Å². The van der Waals surface area contributed by atoms with E-state index < -0.39 is 5.60 Å². The minimum Gasteiger partial charge on any atom is -0.444 e. The predicted molar refractivity (Wildman–Crippen MR) is 89.9 cm³/mol. The van der Waals surface area contributed by atoms with E-state index in [4.69, 9.17) is 4.74 Å². The van der Waals surface area contributed by atoms with Crippen molar-refractivity contribution in [1.29, 1.82) is 0 Å². The van der Waals surface area contributed by atoms with Gasteiger partial charge in [-0.25, -0.2) is 4.79 Å². The largest absolute Gasteiger partial charge is 0.444 e. The Bertz CT molecular complexity index is 385. The minimum absolute atomic E-state index is 0.204. The van der Waals surface area contributed by atoms with E-state index in [-0.39, 0.29) is 11.6 Å². The van der Waals surface area contributed by atoms with Crippen LogP contribution in [0.25, 0.3) is 0 Å². The molecule has 2 bridgehead atoms. The molecule has 2 saturated carbocycles. The van der Waals surface area contributed by atoms with Crippen molar-refractivity contribution in [2.45, 2.75) is 90.3 Å². The van der Waals surface area contributed by atoms with Gasteiger partial charge in [-0.1, -0.05) is 20.3 Å². The lowest BCUT2D eigenvalue weighted by atomic mass is 9.90. The van der Waals surface area contributed by atoms with Gasteiger partial charge in [0.25, 0.3) is 0 Å². The summed E-state index contributed by atoms with van der Waals surface area (Å²) in [6.45, 7) is 10.8. The van der Waals surface area contributed by atoms with Gasteiger partial charge in [0.2, 0.25) is 0 Å². The third-order valence-corrected chi connectivity index (χ3v) is 5.56. The number of rotatable bonds is 6. The number of hydrogen-bond acceptors (Lipinski definition) is 3. The molecule has 0 saturated heterocycles. The molecule has 3 unspecified atom stereocenters. The van der Waals surface area contributed by atoms with Crippen LogP contribution in [0.4, 0.5) is 4.79 Å². The molecule has 0 aromatic rings. The maximum absolute atomic E-state index is 12.2. The van der Waals surface area contributed by atoms with Gasteiger partial charge >= 0.3 is 6.09 Å². The summed E-state index contributed by atoms with van der Waals surface area (Å²) in [5.41, 5.74) is -0.653. The molecule has 2 rings (SSSR count). The van der Waals surface area contributed by atoms with Crippen LogP contribution in [0.2, 0.25) is 0 Å². The SMILES string of the molecule is CCC(CC)(CNC1CC2CCC1C2)NC(=O)OC(C)(C)C. The third kappa shape index (κ3) is 4.37. The summed E-state index contributed by atoms with van der Waals surface area (Å²) in [6, 6.07) is 0.650. The van der Waals surface area contributed by atoms with Crippen LogP contribution < -0.4 is 10.6 Å². The fourth-order valence-electron chi connectivity index (χ4n) is 4.06. The normalized spacial score (nSPS) is 28.0. The van der Waals surface area contributed by atoms with E-state index in [2.05, 4.69) is 24.5 Å². The van der Waals surface area contributed by atoms with Crippen molar-refractivity contribution in [3.05, 3.63) is 0 Å². The van der Waals surface area contributed by atoms with E-state index in [9.17, 15) is 4.79 Å². The fourth-order valence-corrected chi connectivity index (χ4v) is 4.06. The van der Waals surface area contributed by atoms with Crippen molar-refractivity contribution in [2.75, 3.05) is 6.54 Å². The second kappa shape index (κ2) is 6.77. The van der Waals surface area contributed by atoms with Crippen molar-refractivity contribution in [3.8, 4) is 0 Å². The van der Waals surface area contributed by atoms with Crippen LogP contribution in [0.5, 0.6) is 0 Å². The van der Waals surface area contributed by atoms with E-state index in [1.807, 2.05) is 20.8 Å². The molecule has 0 aromatic carbocycles. The number of carbonyl (C=O) groups is 1. The van der Waals surface area contributed by atoms with Gasteiger partial charge in [-0.2, -0.15) is 0 Å². The molecule has 4 heteroatoms. The number of alkyl carbamates (subject to hydrolysis) is 1. The van der Waals surface area contributed by atoms with Crippen LogP contribution >= 0.6 is 0 Å². The summed E-state index contributed by atoms with van der Waals surface area (Å²) in [7, 11) is 0. The first-order chi connectivity index (χ1) is 10.3. The molecule has 2 N–H and O–H groups in total. The van der Waals surface area contributed by atoms with Gasteiger partial charge in [-0.15, -0.1) is 0 Å². The first-order valence-corrected chi connectivity index (χ1v) is 9.01. The Morgan fingerprint density at radius 2 is 1.82 bits per heavy atom. The first kappa shape index (κ1) is 17.6. The van der Waals surface area contributed by atoms with Crippen LogP contribution in [-0.2, 0) is 4.74 Å². The maximum atomic E-state index is 12.2. The van der Waals surface area contributed by atoms with E-state index in [1.54, 1.807) is 0 Å². The zero-order chi connectivity index (χ0) is 16.4. The lowest BCUT2D eigenvalue weighted by Gasteiger charge is -2.36. The van der Waals surface area contributed by atoms with Crippen LogP contribution in [0.3, 0.4) is 0 Å². The Hall–Kier alpha value is -0.770. The van der Waals surface area contributed by atoms with Gasteiger partial charge < -0.3 is 15.4 Å². The molecule has 0 spiro atoms. The number of hydrogen-bond donors (Lipinski definition) is 2. The van der Waals surface area contributed by atoms with Crippen molar-refractivity contribution < 1.29 is 9.53 Å². The molecule has 0 aliphatic heterocycles. The minimum atomic E-state index is -0.449. The van der Waals surface area contributed by atoms with Crippen LogP contribution in [0.15, 0.2) is 0 Å². The summed E-state index contributed by atoms with van der Waals surface area (Å²) < 4.78 is 5.44. The molecule has 0 radical (unpaired) electrons. The zero-order valence-electron chi connectivity index (χ0n) is 15.0. The third-order valence-electron chi connectivity index (χ3n) is 5.56. The Morgan fingerprint density at radius 1 is 1.14 bits per heavy atom. The lowest BCUT2D eigenvalue weighted by Crippen LogP contribution is -2.56. The molecular weight excluding hydrogens is 276 g/mol. The van der Waals surface area contributed by atoms with Gasteiger partial charge in [0.1, 0.15) is 5.60 Å². The van der Waals surface area contributed by atoms with Gasteiger partial charge in [-0.05, 0) is 64.7 Å². The van der Waals surface area contributed by atoms with Gasteiger partial charge in [0.05, 0.1) is 5.54 Å². The van der Waals surface area contributed by atoms with E-state index in [1.165, 1.54) is 25.7 Å². The number of fused-ring (bicyclic) bond motifs is 2. The summed E-state index contributed by atoms with van der Waals surface area (Å²) in [6.07, 6.45) is 7.06. The summed E-state index contributed by atoms with van der Waals surface area (Å²) in [4.78, 5) is 12.2. The summed E-state index contributed by atoms with van der Waals surface area (Å²) in [5, 5.41) is 6.88. The zero-order valence-corrected chi connectivity index (χ0v) is 15.0. The Morgan fingerprint density at radius 3 is 2.27 bits per heavy atom. The second-order valence-electron chi connectivity index (χ2n) is 8.28. The summed E-state index contributed by atoms with van der Waals surface area (Å²) >= 11 is 0. The second-order valence-corrected chi connectivity index (χ2v) is 8.28. The average molecular weight is 310 g/mol. The number of carbonyl (C=O) groups excluding carboxylic acids is 1. The molecule has 0 heterocycles. The van der Waals surface area contributed by atoms with Crippen LogP contribution in [0.1, 0.15) is 73.1 Å². The monoisotopic (exact) mass is 310 g/mol. The highest BCUT2D eigenvalue weighted by atomic mass is 16.6. The van der Waals surface area contributed by atoms with Gasteiger partial charge in [0.15, 0.2) is 0 Å². The highest BCUT2D eigenvalue weighted by Gasteiger charge is 2.40. The molecule has 3 atom stereocenters. The Kier molecular flexibility index (Phi) is 5.41. The first-order valence-electron chi connectivity index (χ1n) is 9.01. The lowest BCUT2D eigenvalue weighted by molar-refractivity contribution is 0.0442. The van der Waals surface area contributed by atoms with Gasteiger partial charge in [-0.3, -0.25) is 0 Å². The summed E-state index contributed by atoms with van der Waals surface area (Å²) in [5.74, 6) is 1.80. The van der Waals surface area contributed by atoms with Gasteiger partial charge in [0, 0.05) is 12.6 Å². The topological polar surface area (TPSA) is 50.4 Å². The maximum Gasteiger partial charge on any atom is 0.408 e. The molecule has 22 heavy (non-hydrogen) atoms. The number of amides is 1. The Balaban J connectivity index is 1.88. The van der Waals surface area contributed by atoms with Crippen LogP contribution in [-0.4, -0.2) is 29.8 Å². The molecule has 2 fully saturated rings. The predicted octanol–water partition coefficient (Wildman–Crippen LogP) is 3.85. The quantitative estimate of drug-likeness (QED) is 0.783. The van der Waals surface area contributed by atoms with Crippen molar-refractivity contribution in [2.24, 2.45) is 11.8 Å². The molecule has 1 amide bonds. The van der Waals surface area contributed by atoms with E-state index >= 15 is 0 Å². The molecule has 4 nitrogen and oxygen atoms in total. The smallest absolute Gasteiger partial charge is 0.408 e. The van der Waals surface area contributed by atoms with Crippen molar-refractivity contribution in [3.63, 3.8) is 0 Å². The molecule has 0 aromatic heterocycles. The number of ether oxygens (including phenoxy) is 1. The highest BCUT2D eigenvalue weighted by molar-refractivity contribution is 5.68. The number of nitrogens with one attached hydrogen (secondary N) is 2. The molecule has 128 valence electrons. The highest BCUT2D eigenvalue weighted by Crippen LogP contribution is 2.44. The Labute approximate surface area is 135 Å². The average Bonchev–Trinajstić information content (AvgIpc) is 3.04. The fraction of sp³-hybridized carbons (Fsp3) is 0.944. The molecular formula is C18H34N2O2. The standard InChI is InChI=1S/C18H34N2O2/c1-6-18(7-2,20-16(21)22-17(3,4)5)12-19-15-11-13-8-9-14(15)10-13/h13-15,19H,6-12H2,1-5H3,(H,20,21). The van der Waals surface area contributed by atoms with Crippen molar-refractivity contribution >= 4 is 6.09 Å². The van der Waals surface area contributed by atoms with Crippen LogP contribution in [0, 0.1) is 11.8 Å².